The number of amides is 3. The molecule has 1 aromatic carbocycles. The summed E-state index contributed by atoms with van der Waals surface area (Å²) in [5.74, 6) is -2.15. The van der Waals surface area contributed by atoms with Gasteiger partial charge in [-0.25, -0.2) is 4.39 Å². The molecule has 1 saturated carbocycles. The highest BCUT2D eigenvalue weighted by molar-refractivity contribution is 6.35. The van der Waals surface area contributed by atoms with Crippen molar-refractivity contribution in [2.45, 2.75) is 45.2 Å². The average Bonchev–Trinajstić information content (AvgIpc) is 3.19. The molecule has 1 aliphatic heterocycles. The van der Waals surface area contributed by atoms with Crippen LogP contribution in [0.1, 0.15) is 38.2 Å². The van der Waals surface area contributed by atoms with Crippen molar-refractivity contribution in [2.75, 3.05) is 19.6 Å². The maximum atomic E-state index is 13.1. The number of benzene rings is 1. The van der Waals surface area contributed by atoms with E-state index < -0.39 is 23.5 Å². The Hall–Kier alpha value is -2.15. The Morgan fingerprint density at radius 2 is 1.96 bits per heavy atom. The molecule has 1 heterocycles. The molecule has 0 bridgehead atoms. The monoisotopic (exact) mass is 409 g/mol. The number of carbonyl (C=O) groups is 3. The predicted molar refractivity (Wildman–Crippen MR) is 103 cm³/mol. The summed E-state index contributed by atoms with van der Waals surface area (Å²) in [6.45, 7) is 3.04. The smallest absolute Gasteiger partial charge is 0.312 e. The highest BCUT2D eigenvalue weighted by Gasteiger charge is 2.38. The van der Waals surface area contributed by atoms with Crippen molar-refractivity contribution in [3.63, 3.8) is 0 Å². The molecule has 0 radical (unpaired) electrons. The zero-order valence-electron chi connectivity index (χ0n) is 15.9. The van der Waals surface area contributed by atoms with Gasteiger partial charge in [0.05, 0.1) is 5.92 Å². The van der Waals surface area contributed by atoms with E-state index in [4.69, 9.17) is 11.6 Å². The van der Waals surface area contributed by atoms with Crippen molar-refractivity contribution in [3.05, 3.63) is 34.6 Å². The van der Waals surface area contributed by atoms with Gasteiger partial charge in [-0.05, 0) is 30.5 Å². The van der Waals surface area contributed by atoms with Gasteiger partial charge in [-0.2, -0.15) is 0 Å². The Morgan fingerprint density at radius 1 is 1.25 bits per heavy atom. The molecule has 3 amide bonds. The number of nitrogens with one attached hydrogen (secondary N) is 1. The van der Waals surface area contributed by atoms with Gasteiger partial charge in [-0.15, -0.1) is 0 Å². The van der Waals surface area contributed by atoms with E-state index in [1.165, 1.54) is 23.1 Å². The highest BCUT2D eigenvalue weighted by Crippen LogP contribution is 2.25. The largest absolute Gasteiger partial charge is 0.352 e. The quantitative estimate of drug-likeness (QED) is 0.733. The van der Waals surface area contributed by atoms with Crippen LogP contribution in [0.15, 0.2) is 18.2 Å². The van der Waals surface area contributed by atoms with E-state index in [9.17, 15) is 18.8 Å². The number of piperazine rings is 1. The van der Waals surface area contributed by atoms with Crippen molar-refractivity contribution < 1.29 is 18.8 Å². The van der Waals surface area contributed by atoms with E-state index in [0.29, 0.717) is 18.7 Å². The van der Waals surface area contributed by atoms with E-state index in [1.807, 2.05) is 0 Å². The van der Waals surface area contributed by atoms with Gasteiger partial charge in [0.25, 0.3) is 0 Å². The summed E-state index contributed by atoms with van der Waals surface area (Å²) < 4.78 is 13.1. The van der Waals surface area contributed by atoms with Gasteiger partial charge in [0.15, 0.2) is 0 Å². The SMILES string of the molecule is C[C@@H](CN1CCN(C2CCCC2)C(=O)C1=O)C(=O)NCc1ccc(F)cc1Cl. The number of carbonyl (C=O) groups excluding carboxylic acids is 3. The molecule has 2 aliphatic rings. The summed E-state index contributed by atoms with van der Waals surface area (Å²) in [5.41, 5.74) is 0.611. The number of hydrogen-bond acceptors (Lipinski definition) is 3. The molecule has 1 saturated heterocycles. The normalized spacial score (nSPS) is 19.2. The van der Waals surface area contributed by atoms with Crippen LogP contribution in [0.25, 0.3) is 0 Å². The summed E-state index contributed by atoms with van der Waals surface area (Å²) in [4.78, 5) is 40.4. The maximum absolute atomic E-state index is 13.1. The molecule has 6 nitrogen and oxygen atoms in total. The van der Waals surface area contributed by atoms with Crippen LogP contribution in [-0.2, 0) is 20.9 Å². The van der Waals surface area contributed by atoms with Crippen LogP contribution in [0.3, 0.4) is 0 Å². The Balaban J connectivity index is 1.51. The number of rotatable bonds is 6. The second-order valence-electron chi connectivity index (χ2n) is 7.54. The van der Waals surface area contributed by atoms with Gasteiger partial charge in [-0.3, -0.25) is 14.4 Å². The zero-order valence-corrected chi connectivity index (χ0v) is 16.7. The van der Waals surface area contributed by atoms with Gasteiger partial charge in [0, 0.05) is 37.2 Å². The van der Waals surface area contributed by atoms with E-state index in [1.54, 1.807) is 11.8 Å². The third-order valence-corrected chi connectivity index (χ3v) is 5.87. The molecule has 28 heavy (non-hydrogen) atoms. The van der Waals surface area contributed by atoms with E-state index in [-0.39, 0.29) is 30.1 Å². The molecule has 0 aromatic heterocycles. The van der Waals surface area contributed by atoms with Crippen molar-refractivity contribution in [1.82, 2.24) is 15.1 Å². The molecule has 0 unspecified atom stereocenters. The third kappa shape index (κ3) is 4.63. The maximum Gasteiger partial charge on any atom is 0.312 e. The molecule has 1 atom stereocenters. The Bertz CT molecular complexity index is 767. The molecular weight excluding hydrogens is 385 g/mol. The molecule has 1 aliphatic carbocycles. The van der Waals surface area contributed by atoms with Gasteiger partial charge in [-0.1, -0.05) is 37.4 Å². The molecular formula is C20H25ClFN3O3. The van der Waals surface area contributed by atoms with Gasteiger partial charge >= 0.3 is 11.8 Å². The second kappa shape index (κ2) is 8.90. The topological polar surface area (TPSA) is 69.7 Å². The minimum atomic E-state index is -0.528. The standard InChI is InChI=1S/C20H25ClFN3O3/c1-13(18(26)23-11-14-6-7-15(22)10-17(14)21)12-24-8-9-25(20(28)19(24)27)16-4-2-3-5-16/h6-7,10,13,16H,2-5,8-9,11-12H2,1H3,(H,23,26)/t13-/m0/s1. The minimum absolute atomic E-state index is 0.171. The number of hydrogen-bond donors (Lipinski definition) is 1. The van der Waals surface area contributed by atoms with Gasteiger partial charge in [0.1, 0.15) is 5.82 Å². The fraction of sp³-hybridized carbons (Fsp3) is 0.550. The van der Waals surface area contributed by atoms with E-state index >= 15 is 0 Å². The Labute approximate surface area is 169 Å². The first-order valence-electron chi connectivity index (χ1n) is 9.68. The summed E-state index contributed by atoms with van der Waals surface area (Å²) in [6, 6.07) is 4.18. The fourth-order valence-corrected chi connectivity index (χ4v) is 4.10. The molecule has 2 fully saturated rings. The first kappa shape index (κ1) is 20.6. The lowest BCUT2D eigenvalue weighted by Crippen LogP contribution is -2.58. The molecule has 1 N–H and O–H groups in total. The fourth-order valence-electron chi connectivity index (χ4n) is 3.86. The van der Waals surface area contributed by atoms with Crippen LogP contribution in [-0.4, -0.2) is 53.2 Å². The van der Waals surface area contributed by atoms with Crippen molar-refractivity contribution in [1.29, 1.82) is 0 Å². The van der Waals surface area contributed by atoms with Gasteiger partial charge in [0.2, 0.25) is 5.91 Å². The van der Waals surface area contributed by atoms with Crippen LogP contribution in [0.5, 0.6) is 0 Å². The van der Waals surface area contributed by atoms with Crippen molar-refractivity contribution in [2.24, 2.45) is 5.92 Å². The molecule has 1 aromatic rings. The lowest BCUT2D eigenvalue weighted by atomic mass is 10.1. The first-order chi connectivity index (χ1) is 13.4. The lowest BCUT2D eigenvalue weighted by Gasteiger charge is -2.37. The molecule has 8 heteroatoms. The van der Waals surface area contributed by atoms with Crippen LogP contribution in [0.4, 0.5) is 4.39 Å². The molecule has 3 rings (SSSR count). The molecule has 0 spiro atoms. The zero-order chi connectivity index (χ0) is 20.3. The van der Waals surface area contributed by atoms with Crippen LogP contribution < -0.4 is 5.32 Å². The van der Waals surface area contributed by atoms with Crippen molar-refractivity contribution >= 4 is 29.3 Å². The van der Waals surface area contributed by atoms with Crippen LogP contribution in [0, 0.1) is 11.7 Å². The predicted octanol–water partition coefficient (Wildman–Crippen LogP) is 2.34. The number of nitrogens with zero attached hydrogens (tertiary/aromatic N) is 2. The summed E-state index contributed by atoms with van der Waals surface area (Å²) in [7, 11) is 0. The van der Waals surface area contributed by atoms with E-state index in [2.05, 4.69) is 5.32 Å². The number of halogens is 2. The second-order valence-corrected chi connectivity index (χ2v) is 7.95. The average molecular weight is 410 g/mol. The van der Waals surface area contributed by atoms with Crippen LogP contribution >= 0.6 is 11.6 Å². The highest BCUT2D eigenvalue weighted by atomic mass is 35.5. The van der Waals surface area contributed by atoms with E-state index in [0.717, 1.165) is 25.7 Å². The Kier molecular flexibility index (Phi) is 6.54. The van der Waals surface area contributed by atoms with Gasteiger partial charge < -0.3 is 15.1 Å². The summed E-state index contributed by atoms with van der Waals surface area (Å²) >= 11 is 5.96. The Morgan fingerprint density at radius 3 is 2.64 bits per heavy atom. The lowest BCUT2D eigenvalue weighted by molar-refractivity contribution is -0.158. The third-order valence-electron chi connectivity index (χ3n) is 5.52. The van der Waals surface area contributed by atoms with Crippen molar-refractivity contribution in [3.8, 4) is 0 Å². The van der Waals surface area contributed by atoms with Crippen LogP contribution in [0.2, 0.25) is 5.02 Å². The molecule has 152 valence electrons. The summed E-state index contributed by atoms with van der Waals surface area (Å²) in [5, 5.41) is 3.00. The first-order valence-corrected chi connectivity index (χ1v) is 10.1. The minimum Gasteiger partial charge on any atom is -0.352 e. The summed E-state index contributed by atoms with van der Waals surface area (Å²) in [6.07, 6.45) is 4.12.